The molecule has 2 aromatic heterocycles. The van der Waals surface area contributed by atoms with Crippen molar-refractivity contribution >= 4 is 35.0 Å². The van der Waals surface area contributed by atoms with Crippen LogP contribution in [0.5, 0.6) is 0 Å². The van der Waals surface area contributed by atoms with Gasteiger partial charge in [0.25, 0.3) is 5.91 Å². The van der Waals surface area contributed by atoms with E-state index in [2.05, 4.69) is 29.2 Å². The number of piperidine rings is 1. The highest BCUT2D eigenvalue weighted by Crippen LogP contribution is 2.54. The van der Waals surface area contributed by atoms with Gasteiger partial charge in [0, 0.05) is 80.9 Å². The van der Waals surface area contributed by atoms with Crippen molar-refractivity contribution in [1.82, 2.24) is 34.8 Å². The summed E-state index contributed by atoms with van der Waals surface area (Å²) >= 11 is 1.66. The van der Waals surface area contributed by atoms with Gasteiger partial charge in [0.15, 0.2) is 0 Å². The second-order valence-electron chi connectivity index (χ2n) is 18.0. The highest BCUT2D eigenvalue weighted by Gasteiger charge is 2.62. The Hall–Kier alpha value is -4.10. The predicted octanol–water partition coefficient (Wildman–Crippen LogP) is 5.21. The Morgan fingerprint density at radius 2 is 1.66 bits per heavy atom. The zero-order valence-electron chi connectivity index (χ0n) is 33.1. The van der Waals surface area contributed by atoms with Crippen molar-refractivity contribution in [3.63, 3.8) is 0 Å². The van der Waals surface area contributed by atoms with Crippen LogP contribution in [-0.4, -0.2) is 111 Å². The summed E-state index contributed by atoms with van der Waals surface area (Å²) in [5.74, 6) is -0.273. The minimum Gasteiger partial charge on any atom is -0.376 e. The Kier molecular flexibility index (Phi) is 11.1. The number of amides is 4. The van der Waals surface area contributed by atoms with Gasteiger partial charge < -0.3 is 24.8 Å². The van der Waals surface area contributed by atoms with Gasteiger partial charge in [-0.3, -0.25) is 23.9 Å². The van der Waals surface area contributed by atoms with Crippen molar-refractivity contribution in [2.24, 2.45) is 28.6 Å². The van der Waals surface area contributed by atoms with Gasteiger partial charge >= 0.3 is 0 Å². The zero-order chi connectivity index (χ0) is 39.0. The molecule has 4 amide bonds. The molecule has 5 aliphatic rings. The molecule has 300 valence electrons. The fraction of sp³-hybridized carbons (Fsp3) is 0.628. The van der Waals surface area contributed by atoms with Gasteiger partial charge in [0.1, 0.15) is 6.04 Å². The van der Waals surface area contributed by atoms with Crippen molar-refractivity contribution in [3.8, 4) is 0 Å². The summed E-state index contributed by atoms with van der Waals surface area (Å²) in [4.78, 5) is 66.8. The third kappa shape index (κ3) is 8.16. The SMILES string of the molecule is C[C@@H](OCC1CCCCC1)[C@H](NC(=O)[C@@H]1CN(C(=O)c2cnn(Cc3ccccc3)c2)CC12CN(C(=O)[C@H]1CC1(C)C)C2)C(=O)N1CCC(c2nccs2)CC1. The van der Waals surface area contributed by atoms with Crippen LogP contribution in [0.2, 0.25) is 0 Å². The monoisotopic (exact) mass is 783 g/mol. The predicted molar refractivity (Wildman–Crippen MR) is 213 cm³/mol. The van der Waals surface area contributed by atoms with E-state index in [1.807, 2.05) is 58.6 Å². The molecule has 2 aliphatic carbocycles. The number of aromatic nitrogens is 3. The van der Waals surface area contributed by atoms with Crippen LogP contribution in [0.15, 0.2) is 54.3 Å². The molecular formula is C43H57N7O5S. The molecule has 0 unspecified atom stereocenters. The van der Waals surface area contributed by atoms with E-state index in [4.69, 9.17) is 4.74 Å². The van der Waals surface area contributed by atoms with E-state index in [-0.39, 0.29) is 41.5 Å². The first-order valence-electron chi connectivity index (χ1n) is 20.7. The maximum absolute atomic E-state index is 14.7. The minimum absolute atomic E-state index is 0.00868. The molecular weight excluding hydrogens is 727 g/mol. The quantitative estimate of drug-likeness (QED) is 0.267. The highest BCUT2D eigenvalue weighted by molar-refractivity contribution is 7.09. The van der Waals surface area contributed by atoms with E-state index in [9.17, 15) is 19.2 Å². The van der Waals surface area contributed by atoms with Gasteiger partial charge in [-0.1, -0.05) is 63.4 Å². The number of likely N-dealkylation sites (tertiary alicyclic amines) is 3. The number of nitrogens with one attached hydrogen (secondary N) is 1. The van der Waals surface area contributed by atoms with Crippen molar-refractivity contribution in [3.05, 3.63) is 70.4 Å². The van der Waals surface area contributed by atoms with Crippen LogP contribution in [-0.2, 0) is 25.7 Å². The maximum atomic E-state index is 14.7. The standard InChI is InChI=1S/C43H57N7O5S/c1-29(55-25-31-12-8-5-9-13-31)36(41(54)47-17-14-32(15-18-47)38-44-16-19-56-38)46-37(51)35-24-48(26-43(35)27-49(28-43)40(53)34-20-42(34,2)3)39(52)33-21-45-50(23-33)22-30-10-6-4-7-11-30/h4,6-7,10-11,16,19,21,23,29,31-32,34-36H,5,8-9,12-15,17-18,20,22,24-28H2,1-3H3,(H,46,51)/t29-,34-,35+,36+/m1/s1. The van der Waals surface area contributed by atoms with Gasteiger partial charge in [0.2, 0.25) is 17.7 Å². The molecule has 12 nitrogen and oxygen atoms in total. The van der Waals surface area contributed by atoms with Crippen molar-refractivity contribution in [2.45, 2.75) is 96.7 Å². The average Bonchev–Trinajstić information content (AvgIpc) is 3.72. The summed E-state index contributed by atoms with van der Waals surface area (Å²) in [6, 6.07) is 9.09. The van der Waals surface area contributed by atoms with Gasteiger partial charge in [0.05, 0.1) is 35.3 Å². The molecule has 2 saturated carbocycles. The fourth-order valence-corrected chi connectivity index (χ4v) is 10.5. The molecule has 3 aliphatic heterocycles. The minimum atomic E-state index is -0.870. The Balaban J connectivity index is 0.994. The molecule has 0 radical (unpaired) electrons. The average molecular weight is 784 g/mol. The van der Waals surface area contributed by atoms with Crippen LogP contribution in [0.1, 0.15) is 99.0 Å². The third-order valence-corrected chi connectivity index (χ3v) is 14.4. The number of nitrogens with zero attached hydrogens (tertiary/aromatic N) is 6. The summed E-state index contributed by atoms with van der Waals surface area (Å²) in [5.41, 5.74) is 0.919. The van der Waals surface area contributed by atoms with Crippen LogP contribution in [0.25, 0.3) is 0 Å². The van der Waals surface area contributed by atoms with Crippen molar-refractivity contribution in [2.75, 3.05) is 45.9 Å². The first-order valence-corrected chi connectivity index (χ1v) is 21.6. The smallest absolute Gasteiger partial charge is 0.257 e. The lowest BCUT2D eigenvalue weighted by Gasteiger charge is -2.50. The molecule has 8 rings (SSSR count). The number of hydrogen-bond acceptors (Lipinski definition) is 8. The maximum Gasteiger partial charge on any atom is 0.257 e. The van der Waals surface area contributed by atoms with Crippen molar-refractivity contribution < 1.29 is 23.9 Å². The molecule has 5 fully saturated rings. The van der Waals surface area contributed by atoms with Crippen molar-refractivity contribution in [1.29, 1.82) is 0 Å². The Labute approximate surface area is 334 Å². The number of carbonyl (C=O) groups is 4. The van der Waals surface area contributed by atoms with Crippen LogP contribution in [0.3, 0.4) is 0 Å². The number of benzene rings is 1. The molecule has 5 heterocycles. The van der Waals surface area contributed by atoms with Crippen LogP contribution < -0.4 is 5.32 Å². The lowest BCUT2D eigenvalue weighted by atomic mass is 9.70. The van der Waals surface area contributed by atoms with E-state index in [1.54, 1.807) is 33.3 Å². The summed E-state index contributed by atoms with van der Waals surface area (Å²) < 4.78 is 8.21. The second-order valence-corrected chi connectivity index (χ2v) is 18.9. The normalized spacial score (nSPS) is 24.4. The van der Waals surface area contributed by atoms with Gasteiger partial charge in [-0.25, -0.2) is 4.98 Å². The topological polar surface area (TPSA) is 130 Å². The second kappa shape index (κ2) is 16.0. The first kappa shape index (κ1) is 38.8. The van der Waals surface area contributed by atoms with E-state index >= 15 is 0 Å². The van der Waals surface area contributed by atoms with E-state index in [1.165, 1.54) is 19.3 Å². The molecule has 13 heteroatoms. The van der Waals surface area contributed by atoms with Crippen LogP contribution >= 0.6 is 11.3 Å². The highest BCUT2D eigenvalue weighted by atomic mass is 32.1. The van der Waals surface area contributed by atoms with E-state index in [0.29, 0.717) is 63.3 Å². The Morgan fingerprint density at radius 1 is 0.946 bits per heavy atom. The number of thiazole rings is 1. The molecule has 1 N–H and O–H groups in total. The Bertz CT molecular complexity index is 1860. The summed E-state index contributed by atoms with van der Waals surface area (Å²) in [6.45, 7) is 9.78. The number of hydrogen-bond donors (Lipinski definition) is 1. The van der Waals surface area contributed by atoms with Gasteiger partial charge in [-0.2, -0.15) is 5.10 Å². The Morgan fingerprint density at radius 3 is 2.34 bits per heavy atom. The molecule has 4 atom stereocenters. The summed E-state index contributed by atoms with van der Waals surface area (Å²) in [7, 11) is 0. The number of rotatable bonds is 12. The zero-order valence-corrected chi connectivity index (χ0v) is 33.9. The van der Waals surface area contributed by atoms with E-state index < -0.39 is 23.5 Å². The number of carbonyl (C=O) groups excluding carboxylic acids is 4. The molecule has 1 spiro atoms. The third-order valence-electron chi connectivity index (χ3n) is 13.4. The van der Waals surface area contributed by atoms with E-state index in [0.717, 1.165) is 42.7 Å². The summed E-state index contributed by atoms with van der Waals surface area (Å²) in [5, 5.41) is 10.8. The molecule has 3 aromatic rings. The van der Waals surface area contributed by atoms with Crippen LogP contribution in [0.4, 0.5) is 0 Å². The largest absolute Gasteiger partial charge is 0.376 e. The lowest BCUT2D eigenvalue weighted by molar-refractivity contribution is -0.153. The van der Waals surface area contributed by atoms with Crippen LogP contribution in [0, 0.1) is 28.6 Å². The molecule has 3 saturated heterocycles. The van der Waals surface area contributed by atoms with Gasteiger partial charge in [-0.15, -0.1) is 11.3 Å². The van der Waals surface area contributed by atoms with Gasteiger partial charge in [-0.05, 0) is 55.9 Å². The molecule has 1 aromatic carbocycles. The number of ether oxygens (including phenoxy) is 1. The molecule has 0 bridgehead atoms. The first-order chi connectivity index (χ1) is 27.0. The summed E-state index contributed by atoms with van der Waals surface area (Å²) in [6.07, 6.45) is 13.0. The molecule has 56 heavy (non-hydrogen) atoms. The fourth-order valence-electron chi connectivity index (χ4n) is 9.65. The lowest BCUT2D eigenvalue weighted by Crippen LogP contribution is -2.65.